The molecule has 2 aliphatic rings. The Bertz CT molecular complexity index is 1600. The summed E-state index contributed by atoms with van der Waals surface area (Å²) in [5, 5.41) is 0.792. The van der Waals surface area contributed by atoms with Crippen molar-refractivity contribution in [3.8, 4) is 22.5 Å². The number of rotatable bonds is 9. The summed E-state index contributed by atoms with van der Waals surface area (Å²) in [6, 6.07) is 8.85. The van der Waals surface area contributed by atoms with Crippen molar-refractivity contribution in [2.45, 2.75) is 19.3 Å². The first-order valence-corrected chi connectivity index (χ1v) is 15.3. The number of nitrogens with two attached hydrogens (primary N) is 1. The first-order valence-electron chi connectivity index (χ1n) is 14.0. The van der Waals surface area contributed by atoms with Gasteiger partial charge in [0.25, 0.3) is 0 Å². The molecule has 220 valence electrons. The minimum atomic E-state index is -1.60. The smallest absolute Gasteiger partial charge is 0.219 e. The first-order chi connectivity index (χ1) is 20.5. The second-order valence-corrected chi connectivity index (χ2v) is 11.6. The molecule has 0 amide bonds. The lowest BCUT2D eigenvalue weighted by molar-refractivity contribution is 0.122. The zero-order valence-corrected chi connectivity index (χ0v) is 23.9. The lowest BCUT2D eigenvalue weighted by Crippen LogP contribution is -2.37. The molecule has 0 spiro atoms. The van der Waals surface area contributed by atoms with Crippen LogP contribution in [-0.2, 0) is 15.7 Å². The van der Waals surface area contributed by atoms with Gasteiger partial charge < -0.3 is 25.0 Å². The number of halogens is 2. The Hall–Kier alpha value is -3.97. The number of anilines is 4. The maximum absolute atomic E-state index is 16.0. The number of nitrogens with one attached hydrogen (secondary N) is 1. The molecule has 0 radical (unpaired) electrons. The van der Waals surface area contributed by atoms with Gasteiger partial charge in [-0.15, -0.1) is 0 Å². The lowest BCUT2D eigenvalue weighted by atomic mass is 10.00. The van der Waals surface area contributed by atoms with Crippen molar-refractivity contribution >= 4 is 45.0 Å². The molecule has 4 heterocycles. The predicted octanol–water partition coefficient (Wildman–Crippen LogP) is 4.35. The molecular weight excluding hydrogens is 562 g/mol. The van der Waals surface area contributed by atoms with E-state index < -0.39 is 23.5 Å². The van der Waals surface area contributed by atoms with Crippen LogP contribution >= 0.6 is 0 Å². The van der Waals surface area contributed by atoms with Crippen molar-refractivity contribution in [2.75, 3.05) is 72.1 Å². The zero-order chi connectivity index (χ0) is 29.1. The number of alkyl halides is 1. The summed E-state index contributed by atoms with van der Waals surface area (Å²) in [4.78, 5) is 22.7. The van der Waals surface area contributed by atoms with E-state index in [1.807, 2.05) is 12.1 Å². The predicted molar refractivity (Wildman–Crippen MR) is 162 cm³/mol. The average Bonchev–Trinajstić information content (AvgIpc) is 3.56. The standard InChI is InChI=1S/C29H32F2N8O2S/c30-7-4-14-42(40)37-23-6-3-5-21(25(23)31)19-15-22-26(24(16-19)38-8-1-2-9-38)35-27(20-17-33-29(32)34-18-20)36-28(22)39-10-12-41-13-11-39/h3,5-6,15-18,37H,1-2,4,7-14H2,(H2,32,33,34). The Balaban J connectivity index is 1.53. The molecule has 6 rings (SSSR count). The molecule has 13 heteroatoms. The van der Waals surface area contributed by atoms with Crippen LogP contribution in [0.2, 0.25) is 0 Å². The molecule has 10 nitrogen and oxygen atoms in total. The SMILES string of the molecule is Nc1ncc(-c2nc(N3CCOCC3)c3cc(-c4cccc(NS(=O)CCCF)c4F)cc(N4CCCC4)c3n2)cn1. The minimum absolute atomic E-state index is 0.0941. The summed E-state index contributed by atoms with van der Waals surface area (Å²) in [5.41, 5.74) is 9.13. The fourth-order valence-electron chi connectivity index (χ4n) is 5.35. The summed E-state index contributed by atoms with van der Waals surface area (Å²) >= 11 is 0. The van der Waals surface area contributed by atoms with Crippen LogP contribution in [0.4, 0.5) is 31.9 Å². The highest BCUT2D eigenvalue weighted by Gasteiger charge is 2.25. The van der Waals surface area contributed by atoms with Crippen LogP contribution in [0.25, 0.3) is 33.4 Å². The maximum Gasteiger partial charge on any atom is 0.219 e. The van der Waals surface area contributed by atoms with E-state index in [9.17, 15) is 8.60 Å². The topological polar surface area (TPSA) is 122 Å². The van der Waals surface area contributed by atoms with Gasteiger partial charge in [-0.1, -0.05) is 12.1 Å². The van der Waals surface area contributed by atoms with Gasteiger partial charge in [-0.3, -0.25) is 4.39 Å². The third kappa shape index (κ3) is 5.84. The number of benzene rings is 2. The Morgan fingerprint density at radius 2 is 1.76 bits per heavy atom. The molecule has 0 aliphatic carbocycles. The van der Waals surface area contributed by atoms with Crippen molar-refractivity contribution in [1.29, 1.82) is 0 Å². The Morgan fingerprint density at radius 3 is 2.50 bits per heavy atom. The molecule has 2 saturated heterocycles. The van der Waals surface area contributed by atoms with Crippen LogP contribution in [-0.4, -0.2) is 76.0 Å². The quantitative estimate of drug-likeness (QED) is 0.291. The number of fused-ring (bicyclic) bond motifs is 1. The maximum atomic E-state index is 16.0. The summed E-state index contributed by atoms with van der Waals surface area (Å²) in [6.45, 7) is 3.55. The monoisotopic (exact) mass is 594 g/mol. The van der Waals surface area contributed by atoms with E-state index in [1.165, 1.54) is 6.07 Å². The van der Waals surface area contributed by atoms with Crippen LogP contribution in [0.5, 0.6) is 0 Å². The van der Waals surface area contributed by atoms with E-state index >= 15 is 4.39 Å². The van der Waals surface area contributed by atoms with E-state index in [1.54, 1.807) is 24.5 Å². The molecule has 2 aromatic heterocycles. The summed E-state index contributed by atoms with van der Waals surface area (Å²) in [6.07, 6.45) is 5.46. The minimum Gasteiger partial charge on any atom is -0.378 e. The van der Waals surface area contributed by atoms with Crippen molar-refractivity contribution in [1.82, 2.24) is 19.9 Å². The lowest BCUT2D eigenvalue weighted by Gasteiger charge is -2.30. The second-order valence-electron chi connectivity index (χ2n) is 10.2. The third-order valence-corrected chi connectivity index (χ3v) is 8.55. The van der Waals surface area contributed by atoms with Gasteiger partial charge in [0, 0.05) is 55.3 Å². The van der Waals surface area contributed by atoms with Crippen molar-refractivity contribution in [3.05, 3.63) is 48.5 Å². The second kappa shape index (κ2) is 12.5. The molecule has 2 aliphatic heterocycles. The van der Waals surface area contributed by atoms with Crippen molar-refractivity contribution in [2.24, 2.45) is 0 Å². The zero-order valence-electron chi connectivity index (χ0n) is 23.1. The Morgan fingerprint density at radius 1 is 1.00 bits per heavy atom. The molecule has 2 fully saturated rings. The molecule has 0 bridgehead atoms. The van der Waals surface area contributed by atoms with Crippen molar-refractivity contribution in [3.63, 3.8) is 0 Å². The fourth-order valence-corrected chi connectivity index (χ4v) is 6.22. The molecule has 1 atom stereocenters. The third-order valence-electron chi connectivity index (χ3n) is 7.44. The summed E-state index contributed by atoms with van der Waals surface area (Å²) < 4.78 is 49.2. The number of hydrogen-bond donors (Lipinski definition) is 2. The molecule has 0 saturated carbocycles. The highest BCUT2D eigenvalue weighted by atomic mass is 32.2. The van der Waals surface area contributed by atoms with Crippen LogP contribution in [0.3, 0.4) is 0 Å². The van der Waals surface area contributed by atoms with Gasteiger partial charge in [-0.2, -0.15) is 0 Å². The number of nitrogens with zero attached hydrogens (tertiary/aromatic N) is 6. The molecular formula is C29H32F2N8O2S. The van der Waals surface area contributed by atoms with Crippen LogP contribution < -0.4 is 20.3 Å². The highest BCUT2D eigenvalue weighted by Crippen LogP contribution is 2.40. The van der Waals surface area contributed by atoms with Gasteiger partial charge in [0.2, 0.25) is 5.95 Å². The van der Waals surface area contributed by atoms with Gasteiger partial charge in [-0.05, 0) is 43.0 Å². The molecule has 1 unspecified atom stereocenters. The summed E-state index contributed by atoms with van der Waals surface area (Å²) in [5.74, 6) is 0.934. The van der Waals surface area contributed by atoms with Gasteiger partial charge in [-0.25, -0.2) is 28.5 Å². The number of hydrogen-bond acceptors (Lipinski definition) is 9. The van der Waals surface area contributed by atoms with Gasteiger partial charge in [0.05, 0.1) is 42.3 Å². The Kier molecular flexibility index (Phi) is 8.38. The molecule has 4 aromatic rings. The number of ether oxygens (including phenoxy) is 1. The van der Waals surface area contributed by atoms with Crippen LogP contribution in [0.1, 0.15) is 19.3 Å². The normalized spacial score (nSPS) is 16.2. The van der Waals surface area contributed by atoms with E-state index in [0.29, 0.717) is 48.8 Å². The summed E-state index contributed by atoms with van der Waals surface area (Å²) in [7, 11) is -1.60. The number of morpholine rings is 1. The van der Waals surface area contributed by atoms with Gasteiger partial charge in [0.1, 0.15) is 16.8 Å². The van der Waals surface area contributed by atoms with E-state index in [4.69, 9.17) is 20.4 Å². The van der Waals surface area contributed by atoms with E-state index in [2.05, 4.69) is 24.5 Å². The average molecular weight is 595 g/mol. The van der Waals surface area contributed by atoms with Crippen LogP contribution in [0, 0.1) is 5.82 Å². The number of nitrogen functional groups attached to an aromatic ring is 1. The molecule has 42 heavy (non-hydrogen) atoms. The van der Waals surface area contributed by atoms with Gasteiger partial charge >= 0.3 is 0 Å². The van der Waals surface area contributed by atoms with Crippen LogP contribution in [0.15, 0.2) is 42.7 Å². The largest absolute Gasteiger partial charge is 0.378 e. The Labute approximate surface area is 244 Å². The number of aromatic nitrogens is 4. The molecule has 3 N–H and O–H groups in total. The first kappa shape index (κ1) is 28.2. The molecule has 2 aromatic carbocycles. The highest BCUT2D eigenvalue weighted by molar-refractivity contribution is 7.86. The van der Waals surface area contributed by atoms with E-state index in [-0.39, 0.29) is 23.8 Å². The fraction of sp³-hybridized carbons (Fsp3) is 0.379. The van der Waals surface area contributed by atoms with Crippen molar-refractivity contribution < 1.29 is 17.7 Å². The van der Waals surface area contributed by atoms with E-state index in [0.717, 1.165) is 48.3 Å². The van der Waals surface area contributed by atoms with Gasteiger partial charge in [0.15, 0.2) is 11.6 Å².